The molecular weight excluding hydrogens is 486 g/mol. The van der Waals surface area contributed by atoms with Gasteiger partial charge in [0.15, 0.2) is 0 Å². The molecule has 0 aliphatic carbocycles. The fourth-order valence-corrected chi connectivity index (χ4v) is 3.99. The normalized spacial score (nSPS) is 15.6. The number of methoxy groups -OCH3 is 2. The Kier molecular flexibility index (Phi) is 6.84. The van der Waals surface area contributed by atoms with Crippen LogP contribution < -0.4 is 15.2 Å². The van der Waals surface area contributed by atoms with Crippen molar-refractivity contribution in [3.8, 4) is 23.3 Å². The Hall–Kier alpha value is -3.51. The molecule has 1 aromatic carbocycles. The van der Waals surface area contributed by atoms with Crippen molar-refractivity contribution >= 4 is 38.7 Å². The standard InChI is InChI=1S/C24H24BrN5O3/c1-32-18-10-15(11-19(12-18)33-2)5-6-16-13-27-24-21(16)22(26)28-23(29-24)17-7-9-30(14-17)20(31)4-3-8-25/h3-4,10-13,17H,7-9,14H2,1-2H3,(H3,26,27,28,29)/t17-/m0/s1. The monoisotopic (exact) mass is 509 g/mol. The van der Waals surface area contributed by atoms with Crippen molar-refractivity contribution in [2.45, 2.75) is 12.3 Å². The number of hydrogen-bond donors (Lipinski definition) is 2. The number of H-pyrrole nitrogens is 1. The minimum atomic E-state index is -0.00222. The van der Waals surface area contributed by atoms with E-state index in [0.717, 1.165) is 12.0 Å². The quantitative estimate of drug-likeness (QED) is 0.310. The number of benzene rings is 1. The molecule has 1 saturated heterocycles. The number of rotatable bonds is 5. The number of amides is 1. The smallest absolute Gasteiger partial charge is 0.246 e. The van der Waals surface area contributed by atoms with E-state index < -0.39 is 0 Å². The van der Waals surface area contributed by atoms with Gasteiger partial charge in [-0.3, -0.25) is 4.79 Å². The first-order valence-corrected chi connectivity index (χ1v) is 11.6. The molecule has 8 nitrogen and oxygen atoms in total. The zero-order valence-electron chi connectivity index (χ0n) is 18.4. The molecule has 3 heterocycles. The van der Waals surface area contributed by atoms with Crippen molar-refractivity contribution in [2.24, 2.45) is 0 Å². The number of alkyl halides is 1. The van der Waals surface area contributed by atoms with Gasteiger partial charge in [0.1, 0.15) is 28.8 Å². The molecule has 0 unspecified atom stereocenters. The molecule has 170 valence electrons. The second-order valence-corrected chi connectivity index (χ2v) is 8.22. The number of halogens is 1. The van der Waals surface area contributed by atoms with E-state index >= 15 is 0 Å². The predicted molar refractivity (Wildman–Crippen MR) is 131 cm³/mol. The third-order valence-electron chi connectivity index (χ3n) is 5.48. The Bertz CT molecular complexity index is 1250. The van der Waals surface area contributed by atoms with Gasteiger partial charge in [-0.05, 0) is 24.6 Å². The summed E-state index contributed by atoms with van der Waals surface area (Å²) in [5, 5.41) is 1.34. The average molecular weight is 510 g/mol. The molecule has 9 heteroatoms. The molecule has 1 amide bonds. The maximum absolute atomic E-state index is 12.2. The van der Waals surface area contributed by atoms with Crippen molar-refractivity contribution in [1.82, 2.24) is 19.9 Å². The predicted octanol–water partition coefficient (Wildman–Crippen LogP) is 3.22. The van der Waals surface area contributed by atoms with Crippen molar-refractivity contribution in [3.05, 3.63) is 53.5 Å². The topological polar surface area (TPSA) is 106 Å². The molecule has 2 aromatic heterocycles. The second kappa shape index (κ2) is 9.96. The minimum Gasteiger partial charge on any atom is -0.497 e. The van der Waals surface area contributed by atoms with Crippen LogP contribution in [0.5, 0.6) is 11.5 Å². The Morgan fingerprint density at radius 3 is 2.73 bits per heavy atom. The van der Waals surface area contributed by atoms with Gasteiger partial charge in [-0.15, -0.1) is 0 Å². The largest absolute Gasteiger partial charge is 0.497 e. The molecule has 1 aliphatic rings. The molecule has 33 heavy (non-hydrogen) atoms. The first-order valence-electron chi connectivity index (χ1n) is 10.4. The highest BCUT2D eigenvalue weighted by atomic mass is 79.9. The highest BCUT2D eigenvalue weighted by Gasteiger charge is 2.29. The van der Waals surface area contributed by atoms with Crippen molar-refractivity contribution < 1.29 is 14.3 Å². The molecule has 0 spiro atoms. The van der Waals surface area contributed by atoms with E-state index in [2.05, 4.69) is 42.7 Å². The number of nitrogens with one attached hydrogen (secondary N) is 1. The number of aromatic nitrogens is 3. The molecule has 0 saturated carbocycles. The van der Waals surface area contributed by atoms with Crippen LogP contribution in [0.15, 0.2) is 36.5 Å². The van der Waals surface area contributed by atoms with Gasteiger partial charge in [-0.1, -0.05) is 33.8 Å². The number of nitrogen functional groups attached to an aromatic ring is 1. The molecule has 0 bridgehead atoms. The third kappa shape index (κ3) is 4.96. The van der Waals surface area contributed by atoms with E-state index in [-0.39, 0.29) is 11.8 Å². The summed E-state index contributed by atoms with van der Waals surface area (Å²) in [7, 11) is 3.20. The summed E-state index contributed by atoms with van der Waals surface area (Å²) in [6, 6.07) is 5.46. The molecule has 3 aromatic rings. The Balaban J connectivity index is 1.58. The zero-order valence-corrected chi connectivity index (χ0v) is 20.0. The van der Waals surface area contributed by atoms with E-state index in [1.54, 1.807) is 38.6 Å². The fraction of sp³-hybridized carbons (Fsp3) is 0.292. The number of fused-ring (bicyclic) bond motifs is 1. The molecule has 1 atom stereocenters. The lowest BCUT2D eigenvalue weighted by Crippen LogP contribution is -2.26. The van der Waals surface area contributed by atoms with Gasteiger partial charge in [-0.2, -0.15) is 0 Å². The number of carbonyl (C=O) groups is 1. The highest BCUT2D eigenvalue weighted by molar-refractivity contribution is 9.09. The average Bonchev–Trinajstić information content (AvgIpc) is 3.48. The zero-order chi connectivity index (χ0) is 23.4. The summed E-state index contributed by atoms with van der Waals surface area (Å²) in [6.45, 7) is 1.24. The molecule has 1 aliphatic heterocycles. The molecule has 0 radical (unpaired) electrons. The summed E-state index contributed by atoms with van der Waals surface area (Å²) < 4.78 is 10.6. The van der Waals surface area contributed by atoms with E-state index in [1.165, 1.54) is 0 Å². The Labute approximate surface area is 200 Å². The summed E-state index contributed by atoms with van der Waals surface area (Å²) in [5.41, 5.74) is 8.41. The number of nitrogens with zero attached hydrogens (tertiary/aromatic N) is 3. The molecule has 4 rings (SSSR count). The van der Waals surface area contributed by atoms with Gasteiger partial charge < -0.3 is 25.1 Å². The lowest BCUT2D eigenvalue weighted by Gasteiger charge is -2.14. The number of aromatic amines is 1. The number of likely N-dealkylation sites (tertiary alicyclic amines) is 1. The maximum atomic E-state index is 12.2. The maximum Gasteiger partial charge on any atom is 0.246 e. The van der Waals surface area contributed by atoms with Gasteiger partial charge >= 0.3 is 0 Å². The first kappa shape index (κ1) is 22.7. The van der Waals surface area contributed by atoms with Gasteiger partial charge in [-0.25, -0.2) is 9.97 Å². The van der Waals surface area contributed by atoms with Crippen LogP contribution >= 0.6 is 15.9 Å². The van der Waals surface area contributed by atoms with Crippen molar-refractivity contribution in [2.75, 3.05) is 38.4 Å². The van der Waals surface area contributed by atoms with Crippen LogP contribution in [0.3, 0.4) is 0 Å². The minimum absolute atomic E-state index is 0.00222. The number of anilines is 1. The molecular formula is C24H24BrN5O3. The summed E-state index contributed by atoms with van der Waals surface area (Å²) >= 11 is 3.29. The number of carbonyl (C=O) groups excluding carboxylic acids is 1. The lowest BCUT2D eigenvalue weighted by molar-refractivity contribution is -0.125. The number of nitrogens with two attached hydrogens (primary N) is 1. The Morgan fingerprint density at radius 1 is 1.27 bits per heavy atom. The second-order valence-electron chi connectivity index (χ2n) is 7.57. The third-order valence-corrected chi connectivity index (χ3v) is 5.86. The van der Waals surface area contributed by atoms with Crippen molar-refractivity contribution in [3.63, 3.8) is 0 Å². The van der Waals surface area contributed by atoms with E-state index in [1.807, 2.05) is 17.0 Å². The van der Waals surface area contributed by atoms with Crippen LogP contribution in [0.25, 0.3) is 11.0 Å². The summed E-state index contributed by atoms with van der Waals surface area (Å²) in [6.07, 6.45) is 5.95. The van der Waals surface area contributed by atoms with Crippen LogP contribution in [-0.2, 0) is 4.79 Å². The number of allylic oxidation sites excluding steroid dienone is 1. The number of ether oxygens (including phenoxy) is 2. The van der Waals surface area contributed by atoms with Crippen LogP contribution in [0, 0.1) is 11.8 Å². The number of hydrogen-bond acceptors (Lipinski definition) is 6. The fourth-order valence-electron chi connectivity index (χ4n) is 3.80. The van der Waals surface area contributed by atoms with Crippen molar-refractivity contribution in [1.29, 1.82) is 0 Å². The first-order chi connectivity index (χ1) is 16.0. The van der Waals surface area contributed by atoms with Gasteiger partial charge in [0, 0.05) is 42.2 Å². The summed E-state index contributed by atoms with van der Waals surface area (Å²) in [5.74, 6) is 8.64. The van der Waals surface area contributed by atoms with Gasteiger partial charge in [0.25, 0.3) is 0 Å². The summed E-state index contributed by atoms with van der Waals surface area (Å²) in [4.78, 5) is 26.5. The van der Waals surface area contributed by atoms with Crippen LogP contribution in [-0.4, -0.2) is 58.4 Å². The van der Waals surface area contributed by atoms with Crippen LogP contribution in [0.1, 0.15) is 29.3 Å². The van der Waals surface area contributed by atoms with E-state index in [4.69, 9.17) is 15.2 Å². The van der Waals surface area contributed by atoms with Gasteiger partial charge in [0.05, 0.1) is 25.2 Å². The van der Waals surface area contributed by atoms with Crippen LogP contribution in [0.4, 0.5) is 5.82 Å². The Morgan fingerprint density at radius 2 is 2.03 bits per heavy atom. The van der Waals surface area contributed by atoms with E-state index in [9.17, 15) is 4.79 Å². The molecule has 1 fully saturated rings. The highest BCUT2D eigenvalue weighted by Crippen LogP contribution is 2.29. The SMILES string of the molecule is COc1cc(C#Cc2c[nH]c3nc([C@H]4CCN(C(=O)C=CCBr)C4)nc(N)c23)cc(OC)c1. The lowest BCUT2D eigenvalue weighted by atomic mass is 10.1. The van der Waals surface area contributed by atoms with E-state index in [0.29, 0.717) is 58.2 Å². The van der Waals surface area contributed by atoms with Gasteiger partial charge in [0.2, 0.25) is 5.91 Å². The molecule has 3 N–H and O–H groups in total. The van der Waals surface area contributed by atoms with Crippen LogP contribution in [0.2, 0.25) is 0 Å².